The van der Waals surface area contributed by atoms with Gasteiger partial charge in [-0.05, 0) is 62.9 Å². The number of nitrogens with zero attached hydrogens (tertiary/aromatic N) is 1. The Balaban J connectivity index is 1.87. The normalized spacial score (nSPS) is 20.5. The maximum absolute atomic E-state index is 6.36. The molecule has 2 rings (SSSR count). The minimum absolute atomic E-state index is 0.0827. The minimum atomic E-state index is 0.0827. The van der Waals surface area contributed by atoms with Crippen LogP contribution in [-0.4, -0.2) is 30.6 Å². The van der Waals surface area contributed by atoms with Gasteiger partial charge in [0.25, 0.3) is 0 Å². The Kier molecular flexibility index (Phi) is 5.28. The standard InChI is InChI=1S/C18H30N2O/c1-14(2)21-16-7-5-15(6-8-16)17(19)13-20-11-9-18(3,4)10-12-20/h5-8,14,17H,9-13,19H2,1-4H3. The molecule has 1 aromatic rings. The number of hydrogen-bond donors (Lipinski definition) is 1. The monoisotopic (exact) mass is 290 g/mol. The van der Waals surface area contributed by atoms with Crippen LogP contribution in [0.5, 0.6) is 5.75 Å². The molecule has 1 aliphatic heterocycles. The molecule has 0 radical (unpaired) electrons. The molecule has 0 aromatic heterocycles. The van der Waals surface area contributed by atoms with Crippen LogP contribution < -0.4 is 10.5 Å². The highest BCUT2D eigenvalue weighted by Gasteiger charge is 2.26. The van der Waals surface area contributed by atoms with Crippen molar-refractivity contribution in [1.82, 2.24) is 4.90 Å². The number of ether oxygens (including phenoxy) is 1. The highest BCUT2D eigenvalue weighted by atomic mass is 16.5. The molecule has 21 heavy (non-hydrogen) atoms. The van der Waals surface area contributed by atoms with Gasteiger partial charge in [0.15, 0.2) is 0 Å². The lowest BCUT2D eigenvalue weighted by Gasteiger charge is -2.38. The Hall–Kier alpha value is -1.06. The largest absolute Gasteiger partial charge is 0.491 e. The smallest absolute Gasteiger partial charge is 0.119 e. The van der Waals surface area contributed by atoms with Crippen molar-refractivity contribution in [2.24, 2.45) is 11.1 Å². The molecule has 1 saturated heterocycles. The first-order valence-electron chi connectivity index (χ1n) is 8.10. The third kappa shape index (κ3) is 5.01. The van der Waals surface area contributed by atoms with Crippen LogP contribution in [0, 0.1) is 5.41 Å². The van der Waals surface area contributed by atoms with Crippen molar-refractivity contribution in [2.45, 2.75) is 52.7 Å². The molecule has 0 spiro atoms. The maximum atomic E-state index is 6.36. The van der Waals surface area contributed by atoms with Gasteiger partial charge in [0.1, 0.15) is 5.75 Å². The van der Waals surface area contributed by atoms with Crippen molar-refractivity contribution in [2.75, 3.05) is 19.6 Å². The van der Waals surface area contributed by atoms with E-state index in [-0.39, 0.29) is 12.1 Å². The molecule has 1 unspecified atom stereocenters. The molecule has 1 fully saturated rings. The molecule has 2 N–H and O–H groups in total. The Bertz CT molecular complexity index is 429. The van der Waals surface area contributed by atoms with E-state index in [1.54, 1.807) is 0 Å². The van der Waals surface area contributed by atoms with E-state index in [2.05, 4.69) is 30.9 Å². The van der Waals surface area contributed by atoms with Gasteiger partial charge >= 0.3 is 0 Å². The summed E-state index contributed by atoms with van der Waals surface area (Å²) in [6.07, 6.45) is 2.74. The van der Waals surface area contributed by atoms with Crippen molar-refractivity contribution >= 4 is 0 Å². The molecule has 0 saturated carbocycles. The van der Waals surface area contributed by atoms with Crippen LogP contribution in [0.15, 0.2) is 24.3 Å². The van der Waals surface area contributed by atoms with Crippen molar-refractivity contribution in [3.8, 4) is 5.75 Å². The first-order chi connectivity index (χ1) is 9.85. The summed E-state index contributed by atoms with van der Waals surface area (Å²) in [6, 6.07) is 8.31. The number of likely N-dealkylation sites (tertiary alicyclic amines) is 1. The highest BCUT2D eigenvalue weighted by Crippen LogP contribution is 2.30. The number of rotatable bonds is 5. The average molecular weight is 290 g/mol. The third-order valence-electron chi connectivity index (χ3n) is 4.34. The Morgan fingerprint density at radius 3 is 2.24 bits per heavy atom. The number of hydrogen-bond acceptors (Lipinski definition) is 3. The van der Waals surface area contributed by atoms with Gasteiger partial charge in [-0.15, -0.1) is 0 Å². The Morgan fingerprint density at radius 1 is 1.14 bits per heavy atom. The van der Waals surface area contributed by atoms with E-state index in [1.165, 1.54) is 18.4 Å². The fourth-order valence-electron chi connectivity index (χ4n) is 2.79. The van der Waals surface area contributed by atoms with Gasteiger partial charge < -0.3 is 15.4 Å². The molecule has 1 atom stereocenters. The zero-order valence-corrected chi connectivity index (χ0v) is 13.9. The zero-order chi connectivity index (χ0) is 15.5. The molecule has 118 valence electrons. The predicted octanol–water partition coefficient (Wildman–Crippen LogP) is 3.60. The summed E-state index contributed by atoms with van der Waals surface area (Å²) in [6.45, 7) is 12.1. The minimum Gasteiger partial charge on any atom is -0.491 e. The van der Waals surface area contributed by atoms with Gasteiger partial charge in [-0.2, -0.15) is 0 Å². The van der Waals surface area contributed by atoms with Gasteiger partial charge in [-0.1, -0.05) is 26.0 Å². The van der Waals surface area contributed by atoms with Gasteiger partial charge in [0.05, 0.1) is 6.10 Å². The quantitative estimate of drug-likeness (QED) is 0.900. The lowest BCUT2D eigenvalue weighted by atomic mass is 9.82. The summed E-state index contributed by atoms with van der Waals surface area (Å²) in [5.41, 5.74) is 8.05. The van der Waals surface area contributed by atoms with Crippen LogP contribution in [0.25, 0.3) is 0 Å². The van der Waals surface area contributed by atoms with Crippen LogP contribution in [-0.2, 0) is 0 Å². The fraction of sp³-hybridized carbons (Fsp3) is 0.667. The van der Waals surface area contributed by atoms with E-state index in [9.17, 15) is 0 Å². The number of piperidine rings is 1. The van der Waals surface area contributed by atoms with Gasteiger partial charge in [0, 0.05) is 12.6 Å². The zero-order valence-electron chi connectivity index (χ0n) is 13.9. The van der Waals surface area contributed by atoms with E-state index >= 15 is 0 Å². The Morgan fingerprint density at radius 2 is 1.71 bits per heavy atom. The maximum Gasteiger partial charge on any atom is 0.119 e. The molecule has 0 bridgehead atoms. The lowest BCUT2D eigenvalue weighted by molar-refractivity contribution is 0.127. The second-order valence-corrected chi connectivity index (χ2v) is 7.31. The van der Waals surface area contributed by atoms with Crippen molar-refractivity contribution in [3.05, 3.63) is 29.8 Å². The van der Waals surface area contributed by atoms with E-state index in [1.807, 2.05) is 26.0 Å². The Labute approximate surface area is 129 Å². The average Bonchev–Trinajstić information content (AvgIpc) is 2.41. The molecule has 0 aliphatic carbocycles. The first kappa shape index (κ1) is 16.3. The number of benzene rings is 1. The number of nitrogens with two attached hydrogens (primary N) is 1. The van der Waals surface area contributed by atoms with Gasteiger partial charge in [-0.3, -0.25) is 0 Å². The van der Waals surface area contributed by atoms with Crippen LogP contribution in [0.1, 0.15) is 52.1 Å². The van der Waals surface area contributed by atoms with Crippen molar-refractivity contribution in [3.63, 3.8) is 0 Å². The molecule has 3 heteroatoms. The molecule has 1 heterocycles. The van der Waals surface area contributed by atoms with Crippen LogP contribution in [0.2, 0.25) is 0 Å². The SMILES string of the molecule is CC(C)Oc1ccc(C(N)CN2CCC(C)(C)CC2)cc1. The van der Waals surface area contributed by atoms with Crippen LogP contribution in [0.3, 0.4) is 0 Å². The topological polar surface area (TPSA) is 38.5 Å². The predicted molar refractivity (Wildman–Crippen MR) is 88.6 cm³/mol. The summed E-state index contributed by atoms with van der Waals surface area (Å²) in [4.78, 5) is 2.49. The summed E-state index contributed by atoms with van der Waals surface area (Å²) in [5, 5.41) is 0. The van der Waals surface area contributed by atoms with E-state index in [4.69, 9.17) is 10.5 Å². The lowest BCUT2D eigenvalue weighted by Crippen LogP contribution is -2.40. The second kappa shape index (κ2) is 6.80. The molecule has 3 nitrogen and oxygen atoms in total. The van der Waals surface area contributed by atoms with Crippen LogP contribution >= 0.6 is 0 Å². The molecular weight excluding hydrogens is 260 g/mol. The van der Waals surface area contributed by atoms with E-state index in [0.29, 0.717) is 5.41 Å². The summed E-state index contributed by atoms with van der Waals surface area (Å²) >= 11 is 0. The molecule has 0 amide bonds. The fourth-order valence-corrected chi connectivity index (χ4v) is 2.79. The van der Waals surface area contributed by atoms with Crippen molar-refractivity contribution < 1.29 is 4.74 Å². The molecular formula is C18H30N2O. The third-order valence-corrected chi connectivity index (χ3v) is 4.34. The summed E-state index contributed by atoms with van der Waals surface area (Å²) < 4.78 is 5.67. The second-order valence-electron chi connectivity index (χ2n) is 7.31. The van der Waals surface area contributed by atoms with E-state index in [0.717, 1.165) is 25.4 Å². The van der Waals surface area contributed by atoms with Crippen molar-refractivity contribution in [1.29, 1.82) is 0 Å². The molecule has 1 aromatic carbocycles. The molecule has 1 aliphatic rings. The van der Waals surface area contributed by atoms with Crippen LogP contribution in [0.4, 0.5) is 0 Å². The first-order valence-corrected chi connectivity index (χ1v) is 8.10. The van der Waals surface area contributed by atoms with Gasteiger partial charge in [-0.25, -0.2) is 0 Å². The van der Waals surface area contributed by atoms with E-state index < -0.39 is 0 Å². The summed E-state index contributed by atoms with van der Waals surface area (Å²) in [7, 11) is 0. The highest BCUT2D eigenvalue weighted by molar-refractivity contribution is 5.29. The summed E-state index contributed by atoms with van der Waals surface area (Å²) in [5.74, 6) is 0.917. The van der Waals surface area contributed by atoms with Gasteiger partial charge in [0.2, 0.25) is 0 Å².